The van der Waals surface area contributed by atoms with Crippen LogP contribution in [0.2, 0.25) is 0 Å². The van der Waals surface area contributed by atoms with Crippen LogP contribution in [0.25, 0.3) is 0 Å². The van der Waals surface area contributed by atoms with Crippen LogP contribution in [0.4, 0.5) is 0 Å². The summed E-state index contributed by atoms with van der Waals surface area (Å²) in [6.07, 6.45) is 3.69. The molecule has 0 radical (unpaired) electrons. The smallest absolute Gasteiger partial charge is 0.336 e. The van der Waals surface area contributed by atoms with Gasteiger partial charge in [0.25, 0.3) is 5.91 Å². The summed E-state index contributed by atoms with van der Waals surface area (Å²) in [5.41, 5.74) is 1.36. The summed E-state index contributed by atoms with van der Waals surface area (Å²) in [4.78, 5) is 34.6. The summed E-state index contributed by atoms with van der Waals surface area (Å²) in [6.45, 7) is 3.70. The van der Waals surface area contributed by atoms with Crippen molar-refractivity contribution in [1.82, 2.24) is 5.32 Å². The Morgan fingerprint density at radius 2 is 1.87 bits per heavy atom. The molecule has 1 aromatic carbocycles. The van der Waals surface area contributed by atoms with Crippen molar-refractivity contribution in [2.45, 2.75) is 13.0 Å². The molecule has 1 aliphatic rings. The van der Waals surface area contributed by atoms with Crippen LogP contribution in [0.15, 0.2) is 66.6 Å². The molecule has 118 valence electrons. The molecule has 0 saturated heterocycles. The van der Waals surface area contributed by atoms with Gasteiger partial charge >= 0.3 is 11.9 Å². The fourth-order valence-corrected chi connectivity index (χ4v) is 1.73. The maximum absolute atomic E-state index is 11.6. The highest BCUT2D eigenvalue weighted by Gasteiger charge is 2.18. The molecule has 1 amide bonds. The molecule has 0 bridgehead atoms. The minimum atomic E-state index is -0.837. The number of rotatable bonds is 5. The van der Waals surface area contributed by atoms with E-state index in [-0.39, 0.29) is 12.4 Å². The SMILES string of the molecule is C=C1CC=C(OC(=O)/C=C/C(=O)OCc2ccccc2)C(=O)N1. The Morgan fingerprint density at radius 3 is 2.57 bits per heavy atom. The van der Waals surface area contributed by atoms with E-state index in [1.165, 1.54) is 6.08 Å². The van der Waals surface area contributed by atoms with E-state index in [0.717, 1.165) is 17.7 Å². The molecule has 0 fully saturated rings. The van der Waals surface area contributed by atoms with Crippen molar-refractivity contribution in [3.63, 3.8) is 0 Å². The molecule has 6 nitrogen and oxygen atoms in total. The molecule has 1 aliphatic heterocycles. The summed E-state index contributed by atoms with van der Waals surface area (Å²) in [7, 11) is 0. The lowest BCUT2D eigenvalue weighted by atomic mass is 10.2. The van der Waals surface area contributed by atoms with Crippen molar-refractivity contribution >= 4 is 17.8 Å². The van der Waals surface area contributed by atoms with E-state index in [1.807, 2.05) is 30.3 Å². The van der Waals surface area contributed by atoms with Crippen molar-refractivity contribution < 1.29 is 23.9 Å². The van der Waals surface area contributed by atoms with Gasteiger partial charge in [0, 0.05) is 24.3 Å². The zero-order chi connectivity index (χ0) is 16.7. The molecule has 0 spiro atoms. The Kier molecular flexibility index (Phi) is 5.46. The first-order valence-electron chi connectivity index (χ1n) is 6.84. The lowest BCUT2D eigenvalue weighted by molar-refractivity contribution is -0.140. The number of carbonyl (C=O) groups is 3. The van der Waals surface area contributed by atoms with Gasteiger partial charge in [-0.1, -0.05) is 36.9 Å². The topological polar surface area (TPSA) is 81.7 Å². The van der Waals surface area contributed by atoms with Gasteiger partial charge in [0.15, 0.2) is 5.76 Å². The third kappa shape index (κ3) is 5.28. The zero-order valence-electron chi connectivity index (χ0n) is 12.3. The molecule has 0 aromatic heterocycles. The van der Waals surface area contributed by atoms with Crippen LogP contribution in [0, 0.1) is 0 Å². The molecule has 6 heteroatoms. The Balaban J connectivity index is 1.80. The lowest BCUT2D eigenvalue weighted by Gasteiger charge is -2.14. The first-order valence-corrected chi connectivity index (χ1v) is 6.84. The van der Waals surface area contributed by atoms with Crippen LogP contribution in [0.1, 0.15) is 12.0 Å². The monoisotopic (exact) mass is 313 g/mol. The molecule has 1 N–H and O–H groups in total. The Labute approximate surface area is 133 Å². The standard InChI is InChI=1S/C17H15NO5/c1-12-7-8-14(17(21)18-12)23-16(20)10-9-15(19)22-11-13-5-3-2-4-6-13/h2-6,8-10H,1,7,11H2,(H,18,21)/b10-9+. The molecule has 2 rings (SSSR count). The van der Waals surface area contributed by atoms with Crippen LogP contribution in [-0.4, -0.2) is 17.8 Å². The summed E-state index contributed by atoms with van der Waals surface area (Å²) >= 11 is 0. The largest absolute Gasteiger partial charge is 0.458 e. The van der Waals surface area contributed by atoms with E-state index in [9.17, 15) is 14.4 Å². The number of allylic oxidation sites excluding steroid dienone is 1. The molecule has 23 heavy (non-hydrogen) atoms. The quantitative estimate of drug-likeness (QED) is 0.661. The minimum Gasteiger partial charge on any atom is -0.458 e. The van der Waals surface area contributed by atoms with E-state index in [2.05, 4.69) is 11.9 Å². The average Bonchev–Trinajstić information content (AvgIpc) is 2.54. The number of hydrogen-bond acceptors (Lipinski definition) is 5. The molecule has 0 aliphatic carbocycles. The van der Waals surface area contributed by atoms with Gasteiger partial charge in [0.1, 0.15) is 6.61 Å². The summed E-state index contributed by atoms with van der Waals surface area (Å²) in [5.74, 6) is -2.18. The number of amides is 1. The summed E-state index contributed by atoms with van der Waals surface area (Å²) < 4.78 is 9.80. The van der Waals surface area contributed by atoms with E-state index in [4.69, 9.17) is 9.47 Å². The molecule has 0 unspecified atom stereocenters. The zero-order valence-corrected chi connectivity index (χ0v) is 12.3. The number of hydrogen-bond donors (Lipinski definition) is 1. The molecule has 1 heterocycles. The Bertz CT molecular complexity index is 688. The Morgan fingerprint density at radius 1 is 1.17 bits per heavy atom. The fourth-order valence-electron chi connectivity index (χ4n) is 1.73. The van der Waals surface area contributed by atoms with Crippen molar-refractivity contribution in [3.05, 3.63) is 72.2 Å². The number of nitrogens with one attached hydrogen (secondary N) is 1. The van der Waals surface area contributed by atoms with E-state index < -0.39 is 17.8 Å². The van der Waals surface area contributed by atoms with E-state index in [0.29, 0.717) is 12.1 Å². The number of carbonyl (C=O) groups excluding carboxylic acids is 3. The second-order valence-electron chi connectivity index (χ2n) is 4.68. The van der Waals surface area contributed by atoms with Crippen molar-refractivity contribution in [1.29, 1.82) is 0 Å². The second kappa shape index (κ2) is 7.74. The number of ether oxygens (including phenoxy) is 2. The minimum absolute atomic E-state index is 0.106. The van der Waals surface area contributed by atoms with Crippen molar-refractivity contribution in [2.75, 3.05) is 0 Å². The van der Waals surface area contributed by atoms with Crippen LogP contribution in [0.5, 0.6) is 0 Å². The average molecular weight is 313 g/mol. The predicted octanol–water partition coefficient (Wildman–Crippen LogP) is 1.75. The van der Waals surface area contributed by atoms with Crippen LogP contribution >= 0.6 is 0 Å². The highest BCUT2D eigenvalue weighted by atomic mass is 16.5. The van der Waals surface area contributed by atoms with Gasteiger partial charge in [-0.05, 0) is 11.6 Å². The van der Waals surface area contributed by atoms with Crippen molar-refractivity contribution in [2.24, 2.45) is 0 Å². The van der Waals surface area contributed by atoms with Gasteiger partial charge < -0.3 is 14.8 Å². The second-order valence-corrected chi connectivity index (χ2v) is 4.68. The van der Waals surface area contributed by atoms with E-state index in [1.54, 1.807) is 0 Å². The molecule has 1 aromatic rings. The maximum atomic E-state index is 11.6. The molecular formula is C17H15NO5. The van der Waals surface area contributed by atoms with Gasteiger partial charge in [0.05, 0.1) is 0 Å². The van der Waals surface area contributed by atoms with Crippen LogP contribution in [-0.2, 0) is 30.5 Å². The Hall–Kier alpha value is -3.15. The van der Waals surface area contributed by atoms with Crippen molar-refractivity contribution in [3.8, 4) is 0 Å². The normalized spacial score (nSPS) is 14.2. The van der Waals surface area contributed by atoms with Gasteiger partial charge in [-0.2, -0.15) is 0 Å². The molecule has 0 saturated carbocycles. The highest BCUT2D eigenvalue weighted by Crippen LogP contribution is 2.11. The summed E-state index contributed by atoms with van der Waals surface area (Å²) in [6, 6.07) is 9.13. The number of benzene rings is 1. The number of esters is 2. The lowest BCUT2D eigenvalue weighted by Crippen LogP contribution is -2.29. The van der Waals surface area contributed by atoms with Gasteiger partial charge in [-0.25, -0.2) is 9.59 Å². The van der Waals surface area contributed by atoms with Gasteiger partial charge in [-0.3, -0.25) is 4.79 Å². The summed E-state index contributed by atoms with van der Waals surface area (Å²) in [5, 5.41) is 2.44. The van der Waals surface area contributed by atoms with Gasteiger partial charge in [-0.15, -0.1) is 0 Å². The molecular weight excluding hydrogens is 298 g/mol. The van der Waals surface area contributed by atoms with Crippen LogP contribution in [0.3, 0.4) is 0 Å². The third-order valence-corrected chi connectivity index (χ3v) is 2.84. The van der Waals surface area contributed by atoms with E-state index >= 15 is 0 Å². The fraction of sp³-hybridized carbons (Fsp3) is 0.118. The maximum Gasteiger partial charge on any atom is 0.336 e. The predicted molar refractivity (Wildman–Crippen MR) is 81.5 cm³/mol. The highest BCUT2D eigenvalue weighted by molar-refractivity contribution is 5.98. The first-order chi connectivity index (χ1) is 11.0. The molecule has 0 atom stereocenters. The first kappa shape index (κ1) is 16.2. The third-order valence-electron chi connectivity index (χ3n) is 2.84. The van der Waals surface area contributed by atoms with Crippen LogP contribution < -0.4 is 5.32 Å². The van der Waals surface area contributed by atoms with Gasteiger partial charge in [0.2, 0.25) is 0 Å².